The van der Waals surface area contributed by atoms with E-state index in [9.17, 15) is 9.18 Å². The fourth-order valence-electron chi connectivity index (χ4n) is 2.11. The van der Waals surface area contributed by atoms with Gasteiger partial charge in [0.1, 0.15) is 11.6 Å². The van der Waals surface area contributed by atoms with Gasteiger partial charge >= 0.3 is 5.97 Å². The topological polar surface area (TPSA) is 58.4 Å². The summed E-state index contributed by atoms with van der Waals surface area (Å²) < 4.78 is 15.2. The van der Waals surface area contributed by atoms with Crippen LogP contribution in [0, 0.1) is 5.82 Å². The van der Waals surface area contributed by atoms with Crippen molar-refractivity contribution in [2.75, 3.05) is 20.6 Å². The molecule has 0 saturated carbocycles. The number of halogens is 1. The highest BCUT2D eigenvalue weighted by molar-refractivity contribution is 5.76. The molecular weight excluding hydrogens is 261 g/mol. The molecular formula is C14H18FN3O2. The average Bonchev–Trinajstić information content (AvgIpc) is 2.70. The van der Waals surface area contributed by atoms with Gasteiger partial charge in [-0.1, -0.05) is 0 Å². The number of carboxylic acids is 1. The highest BCUT2D eigenvalue weighted by atomic mass is 19.1. The van der Waals surface area contributed by atoms with Crippen molar-refractivity contribution in [1.82, 2.24) is 14.5 Å². The molecule has 1 heterocycles. The van der Waals surface area contributed by atoms with E-state index >= 15 is 0 Å². The lowest BCUT2D eigenvalue weighted by atomic mass is 10.3. The molecule has 0 aliphatic carbocycles. The summed E-state index contributed by atoms with van der Waals surface area (Å²) in [6, 6.07) is 4.47. The predicted molar refractivity (Wildman–Crippen MR) is 74.2 cm³/mol. The number of nitrogens with zero attached hydrogens (tertiary/aromatic N) is 3. The van der Waals surface area contributed by atoms with Crippen LogP contribution in [0.25, 0.3) is 11.0 Å². The van der Waals surface area contributed by atoms with Gasteiger partial charge in [-0.15, -0.1) is 0 Å². The largest absolute Gasteiger partial charge is 0.481 e. The maximum Gasteiger partial charge on any atom is 0.303 e. The number of likely N-dealkylation sites (N-methyl/N-ethyl adjacent to an activating group) is 1. The molecule has 0 amide bonds. The van der Waals surface area contributed by atoms with Crippen molar-refractivity contribution in [2.24, 2.45) is 0 Å². The molecule has 0 aliphatic heterocycles. The Morgan fingerprint density at radius 3 is 2.85 bits per heavy atom. The van der Waals surface area contributed by atoms with E-state index in [1.165, 1.54) is 12.1 Å². The van der Waals surface area contributed by atoms with Gasteiger partial charge in [0.2, 0.25) is 0 Å². The Balaban J connectivity index is 2.36. The van der Waals surface area contributed by atoms with Crippen molar-refractivity contribution >= 4 is 17.0 Å². The Bertz CT molecular complexity index is 622. The zero-order valence-electron chi connectivity index (χ0n) is 11.6. The van der Waals surface area contributed by atoms with Crippen LogP contribution in [0.2, 0.25) is 0 Å². The molecule has 2 aromatic rings. The molecule has 1 aromatic carbocycles. The molecule has 1 aromatic heterocycles. The van der Waals surface area contributed by atoms with E-state index in [4.69, 9.17) is 5.11 Å². The van der Waals surface area contributed by atoms with Crippen LogP contribution in [0.15, 0.2) is 18.2 Å². The molecule has 0 fully saturated rings. The van der Waals surface area contributed by atoms with Crippen LogP contribution in [0.4, 0.5) is 4.39 Å². The SMILES string of the molecule is CN(C)CCn1c(CCC(=O)O)nc2cc(F)ccc21. The molecule has 20 heavy (non-hydrogen) atoms. The van der Waals surface area contributed by atoms with Crippen LogP contribution in [0.1, 0.15) is 12.2 Å². The standard InChI is InChI=1S/C14H18FN3O2/c1-17(2)7-8-18-12-4-3-10(15)9-11(12)16-13(18)5-6-14(19)20/h3-4,9H,5-8H2,1-2H3,(H,19,20). The maximum atomic E-state index is 13.3. The number of aromatic nitrogens is 2. The van der Waals surface area contributed by atoms with Gasteiger partial charge in [-0.3, -0.25) is 4.79 Å². The lowest BCUT2D eigenvalue weighted by Gasteiger charge is -2.13. The first-order chi connectivity index (χ1) is 9.47. The molecule has 0 saturated heterocycles. The van der Waals surface area contributed by atoms with Gasteiger partial charge in [0.25, 0.3) is 0 Å². The third-order valence-electron chi connectivity index (χ3n) is 3.12. The molecule has 108 valence electrons. The smallest absolute Gasteiger partial charge is 0.303 e. The monoisotopic (exact) mass is 279 g/mol. The zero-order chi connectivity index (χ0) is 14.7. The predicted octanol–water partition coefficient (Wildman–Crippen LogP) is 1.75. The number of rotatable bonds is 6. The van der Waals surface area contributed by atoms with E-state index in [1.807, 2.05) is 23.6 Å². The van der Waals surface area contributed by atoms with Gasteiger partial charge in [-0.25, -0.2) is 9.37 Å². The fourth-order valence-corrected chi connectivity index (χ4v) is 2.11. The quantitative estimate of drug-likeness (QED) is 0.875. The molecule has 0 radical (unpaired) electrons. The van der Waals surface area contributed by atoms with Crippen molar-refractivity contribution in [3.63, 3.8) is 0 Å². The summed E-state index contributed by atoms with van der Waals surface area (Å²) in [6.45, 7) is 1.51. The number of fused-ring (bicyclic) bond motifs is 1. The minimum atomic E-state index is -0.859. The first-order valence-electron chi connectivity index (χ1n) is 6.48. The maximum absolute atomic E-state index is 13.3. The number of carbonyl (C=O) groups is 1. The van der Waals surface area contributed by atoms with Gasteiger partial charge in [0.05, 0.1) is 17.5 Å². The minimum absolute atomic E-state index is 0.0216. The summed E-state index contributed by atoms with van der Waals surface area (Å²) in [5, 5.41) is 8.80. The number of aliphatic carboxylic acids is 1. The first-order valence-corrected chi connectivity index (χ1v) is 6.48. The van der Waals surface area contributed by atoms with Gasteiger partial charge in [0, 0.05) is 25.6 Å². The minimum Gasteiger partial charge on any atom is -0.481 e. The molecule has 6 heteroatoms. The third kappa shape index (κ3) is 3.33. The van der Waals surface area contributed by atoms with E-state index in [0.29, 0.717) is 24.3 Å². The second-order valence-electron chi connectivity index (χ2n) is 5.01. The van der Waals surface area contributed by atoms with E-state index in [1.54, 1.807) is 6.07 Å². The van der Waals surface area contributed by atoms with Crippen molar-refractivity contribution in [1.29, 1.82) is 0 Å². The Morgan fingerprint density at radius 1 is 1.45 bits per heavy atom. The van der Waals surface area contributed by atoms with Crippen molar-refractivity contribution in [2.45, 2.75) is 19.4 Å². The second kappa shape index (κ2) is 6.00. The fraction of sp³-hybridized carbons (Fsp3) is 0.429. The molecule has 2 rings (SSSR count). The lowest BCUT2D eigenvalue weighted by Crippen LogP contribution is -2.19. The zero-order valence-corrected chi connectivity index (χ0v) is 11.6. The second-order valence-corrected chi connectivity index (χ2v) is 5.01. The van der Waals surface area contributed by atoms with Gasteiger partial charge in [-0.2, -0.15) is 0 Å². The van der Waals surface area contributed by atoms with Crippen molar-refractivity contribution in [3.8, 4) is 0 Å². The molecule has 0 aliphatic rings. The Hall–Kier alpha value is -1.95. The molecule has 0 spiro atoms. The molecule has 0 unspecified atom stereocenters. The highest BCUT2D eigenvalue weighted by Crippen LogP contribution is 2.18. The first kappa shape index (κ1) is 14.5. The van der Waals surface area contributed by atoms with Crippen LogP contribution in [0.5, 0.6) is 0 Å². The van der Waals surface area contributed by atoms with E-state index in [2.05, 4.69) is 4.98 Å². The summed E-state index contributed by atoms with van der Waals surface area (Å²) in [5.41, 5.74) is 1.41. The van der Waals surface area contributed by atoms with Gasteiger partial charge in [-0.05, 0) is 26.2 Å². The van der Waals surface area contributed by atoms with Crippen LogP contribution >= 0.6 is 0 Å². The number of hydrogen-bond acceptors (Lipinski definition) is 3. The average molecular weight is 279 g/mol. The molecule has 0 bridgehead atoms. The number of aryl methyl sites for hydroxylation is 1. The van der Waals surface area contributed by atoms with E-state index in [0.717, 1.165) is 12.1 Å². The number of benzene rings is 1. The van der Waals surface area contributed by atoms with E-state index in [-0.39, 0.29) is 12.2 Å². The summed E-state index contributed by atoms with van der Waals surface area (Å²) >= 11 is 0. The lowest BCUT2D eigenvalue weighted by molar-refractivity contribution is -0.137. The molecule has 5 nitrogen and oxygen atoms in total. The Morgan fingerprint density at radius 2 is 2.20 bits per heavy atom. The van der Waals surface area contributed by atoms with E-state index < -0.39 is 5.97 Å². The van der Waals surface area contributed by atoms with Crippen LogP contribution in [-0.4, -0.2) is 46.2 Å². The third-order valence-corrected chi connectivity index (χ3v) is 3.12. The van der Waals surface area contributed by atoms with Crippen LogP contribution < -0.4 is 0 Å². The van der Waals surface area contributed by atoms with Crippen molar-refractivity contribution < 1.29 is 14.3 Å². The summed E-state index contributed by atoms with van der Waals surface area (Å²) in [7, 11) is 3.94. The van der Waals surface area contributed by atoms with Gasteiger partial charge < -0.3 is 14.6 Å². The number of hydrogen-bond donors (Lipinski definition) is 1. The summed E-state index contributed by atoms with van der Waals surface area (Å²) in [4.78, 5) is 17.1. The van der Waals surface area contributed by atoms with Crippen molar-refractivity contribution in [3.05, 3.63) is 29.8 Å². The highest BCUT2D eigenvalue weighted by Gasteiger charge is 2.12. The Kier molecular flexibility index (Phi) is 4.34. The number of carboxylic acid groups (broad SMARTS) is 1. The Labute approximate surface area is 116 Å². The molecule has 1 N–H and O–H groups in total. The molecule has 0 atom stereocenters. The van der Waals surface area contributed by atoms with Gasteiger partial charge in [0.15, 0.2) is 0 Å². The normalized spacial score (nSPS) is 11.4. The summed E-state index contributed by atoms with van der Waals surface area (Å²) in [5.74, 6) is -0.503. The van der Waals surface area contributed by atoms with Crippen LogP contribution in [-0.2, 0) is 17.8 Å². The number of imidazole rings is 1. The summed E-state index contributed by atoms with van der Waals surface area (Å²) in [6.07, 6.45) is 0.368. The van der Waals surface area contributed by atoms with Crippen LogP contribution in [0.3, 0.4) is 0 Å².